The Bertz CT molecular complexity index is 261. The summed E-state index contributed by atoms with van der Waals surface area (Å²) in [5.74, 6) is 2.30. The van der Waals surface area contributed by atoms with Gasteiger partial charge in [0.05, 0.1) is 0 Å². The van der Waals surface area contributed by atoms with Gasteiger partial charge < -0.3 is 5.32 Å². The van der Waals surface area contributed by atoms with E-state index in [4.69, 9.17) is 11.6 Å². The fraction of sp³-hybridized carbons (Fsp3) is 0.500. The quantitative estimate of drug-likeness (QED) is 0.735. The normalized spacial score (nSPS) is 10.5. The molecule has 1 nitrogen and oxygen atoms in total. The zero-order valence-electron chi connectivity index (χ0n) is 9.13. The summed E-state index contributed by atoms with van der Waals surface area (Å²) < 4.78 is 0. The second-order valence-electron chi connectivity index (χ2n) is 3.39. The molecule has 0 saturated heterocycles. The molecule has 3 heteroatoms. The molecule has 1 aromatic carbocycles. The first-order valence-electron chi connectivity index (χ1n) is 5.36. The average molecular weight is 244 g/mol. The van der Waals surface area contributed by atoms with Crippen LogP contribution in [0.4, 0.5) is 0 Å². The summed E-state index contributed by atoms with van der Waals surface area (Å²) >= 11 is 7.79. The third kappa shape index (κ3) is 6.08. The van der Waals surface area contributed by atoms with Crippen LogP contribution in [0.1, 0.15) is 18.9 Å². The predicted molar refractivity (Wildman–Crippen MR) is 70.8 cm³/mol. The van der Waals surface area contributed by atoms with Gasteiger partial charge in [0.25, 0.3) is 0 Å². The molecule has 1 aromatic rings. The third-order valence-electron chi connectivity index (χ3n) is 2.07. The summed E-state index contributed by atoms with van der Waals surface area (Å²) in [6.45, 7) is 4.34. The maximum atomic E-state index is 5.82. The maximum Gasteiger partial charge on any atom is 0.0406 e. The van der Waals surface area contributed by atoms with E-state index in [0.717, 1.165) is 23.9 Å². The van der Waals surface area contributed by atoms with E-state index in [9.17, 15) is 0 Å². The van der Waals surface area contributed by atoms with Crippen molar-refractivity contribution in [2.24, 2.45) is 0 Å². The first-order chi connectivity index (χ1) is 7.33. The number of hydrogen-bond acceptors (Lipinski definition) is 2. The lowest BCUT2D eigenvalue weighted by atomic mass is 10.2. The van der Waals surface area contributed by atoms with Gasteiger partial charge in [-0.1, -0.05) is 30.7 Å². The van der Waals surface area contributed by atoms with Crippen molar-refractivity contribution < 1.29 is 0 Å². The van der Waals surface area contributed by atoms with Gasteiger partial charge >= 0.3 is 0 Å². The van der Waals surface area contributed by atoms with Gasteiger partial charge in [-0.15, -0.1) is 0 Å². The van der Waals surface area contributed by atoms with Gasteiger partial charge in [-0.25, -0.2) is 0 Å². The molecule has 0 fully saturated rings. The largest absolute Gasteiger partial charge is 0.317 e. The molecule has 0 bridgehead atoms. The van der Waals surface area contributed by atoms with Gasteiger partial charge in [0.2, 0.25) is 0 Å². The van der Waals surface area contributed by atoms with Gasteiger partial charge in [-0.3, -0.25) is 0 Å². The lowest BCUT2D eigenvalue weighted by Crippen LogP contribution is -2.14. The Morgan fingerprint density at radius 1 is 1.27 bits per heavy atom. The lowest BCUT2D eigenvalue weighted by molar-refractivity contribution is 0.707. The molecular weight excluding hydrogens is 226 g/mol. The standard InChI is InChI=1S/C12H18ClNS/c1-2-14-8-3-9-15-10-11-4-6-12(13)7-5-11/h4-7,14H,2-3,8-10H2,1H3. The van der Waals surface area contributed by atoms with E-state index in [0.29, 0.717) is 0 Å². The summed E-state index contributed by atoms with van der Waals surface area (Å²) in [6.07, 6.45) is 1.24. The molecule has 0 atom stereocenters. The van der Waals surface area contributed by atoms with Crippen LogP contribution in [-0.2, 0) is 5.75 Å². The molecule has 0 aromatic heterocycles. The SMILES string of the molecule is CCNCCCSCc1ccc(Cl)cc1. The molecule has 84 valence electrons. The topological polar surface area (TPSA) is 12.0 Å². The first kappa shape index (κ1) is 12.9. The number of rotatable bonds is 7. The second-order valence-corrected chi connectivity index (χ2v) is 4.93. The molecule has 0 spiro atoms. The fourth-order valence-electron chi connectivity index (χ4n) is 1.25. The zero-order chi connectivity index (χ0) is 10.9. The van der Waals surface area contributed by atoms with Gasteiger partial charge in [-0.2, -0.15) is 11.8 Å². The fourth-order valence-corrected chi connectivity index (χ4v) is 2.29. The highest BCUT2D eigenvalue weighted by Crippen LogP contribution is 2.15. The van der Waals surface area contributed by atoms with Crippen molar-refractivity contribution in [3.05, 3.63) is 34.9 Å². The summed E-state index contributed by atoms with van der Waals surface area (Å²) in [5.41, 5.74) is 1.35. The number of halogens is 1. The van der Waals surface area contributed by atoms with Crippen LogP contribution in [0.3, 0.4) is 0 Å². The average Bonchev–Trinajstić information content (AvgIpc) is 2.26. The summed E-state index contributed by atoms with van der Waals surface area (Å²) in [7, 11) is 0. The Morgan fingerprint density at radius 3 is 2.67 bits per heavy atom. The smallest absolute Gasteiger partial charge is 0.0406 e. The molecule has 1 N–H and O–H groups in total. The highest BCUT2D eigenvalue weighted by atomic mass is 35.5. The van der Waals surface area contributed by atoms with Crippen molar-refractivity contribution in [3.63, 3.8) is 0 Å². The van der Waals surface area contributed by atoms with Crippen LogP contribution in [0.25, 0.3) is 0 Å². The Labute approximate surface area is 102 Å². The van der Waals surface area contributed by atoms with Crippen molar-refractivity contribution in [1.29, 1.82) is 0 Å². The van der Waals surface area contributed by atoms with Crippen molar-refractivity contribution >= 4 is 23.4 Å². The van der Waals surface area contributed by atoms with Crippen molar-refractivity contribution in [2.45, 2.75) is 19.1 Å². The van der Waals surface area contributed by atoms with Crippen LogP contribution in [0.15, 0.2) is 24.3 Å². The Kier molecular flexibility index (Phi) is 6.90. The molecule has 0 aliphatic heterocycles. The molecule has 15 heavy (non-hydrogen) atoms. The molecular formula is C12H18ClNS. The van der Waals surface area contributed by atoms with Crippen LogP contribution < -0.4 is 5.32 Å². The highest BCUT2D eigenvalue weighted by molar-refractivity contribution is 7.98. The summed E-state index contributed by atoms with van der Waals surface area (Å²) in [6, 6.07) is 8.10. The zero-order valence-corrected chi connectivity index (χ0v) is 10.7. The second kappa shape index (κ2) is 8.03. The lowest BCUT2D eigenvalue weighted by Gasteiger charge is -2.03. The molecule has 0 unspecified atom stereocenters. The molecule has 1 rings (SSSR count). The first-order valence-corrected chi connectivity index (χ1v) is 6.89. The maximum absolute atomic E-state index is 5.82. The molecule has 0 radical (unpaired) electrons. The number of thioether (sulfide) groups is 1. The van der Waals surface area contributed by atoms with E-state index >= 15 is 0 Å². The van der Waals surface area contributed by atoms with E-state index in [-0.39, 0.29) is 0 Å². The predicted octanol–water partition coefficient (Wildman–Crippen LogP) is 3.57. The van der Waals surface area contributed by atoms with Crippen LogP contribution in [0.5, 0.6) is 0 Å². The van der Waals surface area contributed by atoms with E-state index in [2.05, 4.69) is 24.4 Å². The van der Waals surface area contributed by atoms with E-state index < -0.39 is 0 Å². The van der Waals surface area contributed by atoms with E-state index in [1.807, 2.05) is 23.9 Å². The van der Waals surface area contributed by atoms with E-state index in [1.165, 1.54) is 17.7 Å². The molecule has 0 aliphatic rings. The molecule has 0 saturated carbocycles. The summed E-state index contributed by atoms with van der Waals surface area (Å²) in [4.78, 5) is 0. The van der Waals surface area contributed by atoms with Gasteiger partial charge in [0, 0.05) is 10.8 Å². The molecule has 0 aliphatic carbocycles. The number of nitrogens with one attached hydrogen (secondary N) is 1. The highest BCUT2D eigenvalue weighted by Gasteiger charge is 1.94. The minimum Gasteiger partial charge on any atom is -0.317 e. The Balaban J connectivity index is 2.07. The van der Waals surface area contributed by atoms with Crippen LogP contribution in [0.2, 0.25) is 5.02 Å². The molecule has 0 heterocycles. The van der Waals surface area contributed by atoms with Crippen LogP contribution in [0, 0.1) is 0 Å². The number of hydrogen-bond donors (Lipinski definition) is 1. The van der Waals surface area contributed by atoms with Crippen molar-refractivity contribution in [1.82, 2.24) is 5.32 Å². The third-order valence-corrected chi connectivity index (χ3v) is 3.44. The number of benzene rings is 1. The monoisotopic (exact) mass is 243 g/mol. The van der Waals surface area contributed by atoms with Crippen LogP contribution >= 0.6 is 23.4 Å². The van der Waals surface area contributed by atoms with Crippen molar-refractivity contribution in [2.75, 3.05) is 18.8 Å². The van der Waals surface area contributed by atoms with Gasteiger partial charge in [-0.05, 0) is 43.0 Å². The summed E-state index contributed by atoms with van der Waals surface area (Å²) in [5, 5.41) is 4.14. The van der Waals surface area contributed by atoms with Gasteiger partial charge in [0.15, 0.2) is 0 Å². The molecule has 0 amide bonds. The van der Waals surface area contributed by atoms with Crippen LogP contribution in [-0.4, -0.2) is 18.8 Å². The minimum absolute atomic E-state index is 0.816. The Morgan fingerprint density at radius 2 is 2.00 bits per heavy atom. The minimum atomic E-state index is 0.816. The Hall–Kier alpha value is -0.180. The van der Waals surface area contributed by atoms with Crippen molar-refractivity contribution in [3.8, 4) is 0 Å². The van der Waals surface area contributed by atoms with Gasteiger partial charge in [0.1, 0.15) is 0 Å². The van der Waals surface area contributed by atoms with E-state index in [1.54, 1.807) is 0 Å².